The van der Waals surface area contributed by atoms with Gasteiger partial charge < -0.3 is 19.2 Å². The molecule has 1 aromatic heterocycles. The molecular formula is C16H25NO4. The van der Waals surface area contributed by atoms with Crippen molar-refractivity contribution in [1.29, 1.82) is 0 Å². The molecular weight excluding hydrogens is 270 g/mol. The Hall–Kier alpha value is -1.33. The molecule has 21 heavy (non-hydrogen) atoms. The Labute approximate surface area is 125 Å². The Bertz CT molecular complexity index is 449. The highest BCUT2D eigenvalue weighted by atomic mass is 16.5. The summed E-state index contributed by atoms with van der Waals surface area (Å²) in [7, 11) is 0. The van der Waals surface area contributed by atoms with Crippen LogP contribution in [-0.2, 0) is 9.53 Å². The molecule has 1 N–H and O–H groups in total. The summed E-state index contributed by atoms with van der Waals surface area (Å²) in [4.78, 5) is 14.1. The molecule has 1 amide bonds. The van der Waals surface area contributed by atoms with E-state index in [1.807, 2.05) is 25.7 Å². The third kappa shape index (κ3) is 4.58. The average molecular weight is 295 g/mol. The molecule has 0 aromatic carbocycles. The van der Waals surface area contributed by atoms with Gasteiger partial charge >= 0.3 is 0 Å². The molecule has 1 aromatic rings. The quantitative estimate of drug-likeness (QED) is 0.906. The molecule has 0 radical (unpaired) electrons. The molecule has 118 valence electrons. The number of aliphatic hydroxyl groups excluding tert-OH is 1. The third-order valence-electron chi connectivity index (χ3n) is 3.69. The van der Waals surface area contributed by atoms with Crippen molar-refractivity contribution < 1.29 is 19.1 Å². The van der Waals surface area contributed by atoms with E-state index < -0.39 is 6.10 Å². The topological polar surface area (TPSA) is 62.9 Å². The van der Waals surface area contributed by atoms with E-state index in [0.717, 1.165) is 19.4 Å². The molecule has 2 heterocycles. The maximum Gasteiger partial charge on any atom is 0.248 e. The van der Waals surface area contributed by atoms with E-state index in [4.69, 9.17) is 9.15 Å². The van der Waals surface area contributed by atoms with Gasteiger partial charge in [-0.1, -0.05) is 0 Å². The molecule has 1 aliphatic rings. The van der Waals surface area contributed by atoms with Gasteiger partial charge in [0.2, 0.25) is 5.91 Å². The van der Waals surface area contributed by atoms with Crippen molar-refractivity contribution in [3.63, 3.8) is 0 Å². The number of nitrogens with zero attached hydrogens (tertiary/aromatic N) is 1. The molecule has 0 spiro atoms. The van der Waals surface area contributed by atoms with Gasteiger partial charge in [-0.2, -0.15) is 0 Å². The number of aliphatic hydroxyl groups is 1. The minimum absolute atomic E-state index is 0.000861. The summed E-state index contributed by atoms with van der Waals surface area (Å²) in [5, 5.41) is 10.2. The van der Waals surface area contributed by atoms with Crippen LogP contribution in [0.2, 0.25) is 0 Å². The van der Waals surface area contributed by atoms with Crippen molar-refractivity contribution in [3.8, 4) is 0 Å². The fraction of sp³-hybridized carbons (Fsp3) is 0.688. The van der Waals surface area contributed by atoms with Gasteiger partial charge in [-0.15, -0.1) is 0 Å². The molecule has 2 rings (SSSR count). The van der Waals surface area contributed by atoms with E-state index in [2.05, 4.69) is 0 Å². The monoisotopic (exact) mass is 295 g/mol. The van der Waals surface area contributed by atoms with Crippen LogP contribution >= 0.6 is 0 Å². The van der Waals surface area contributed by atoms with Gasteiger partial charge in [0.25, 0.3) is 0 Å². The van der Waals surface area contributed by atoms with Crippen LogP contribution in [0.25, 0.3) is 0 Å². The van der Waals surface area contributed by atoms with Crippen LogP contribution in [0, 0.1) is 0 Å². The summed E-state index contributed by atoms with van der Waals surface area (Å²) in [5.41, 5.74) is -0.321. The molecule has 1 fully saturated rings. The van der Waals surface area contributed by atoms with Gasteiger partial charge in [-0.05, 0) is 45.7 Å². The van der Waals surface area contributed by atoms with Crippen LogP contribution < -0.4 is 0 Å². The molecule has 2 atom stereocenters. The van der Waals surface area contributed by atoms with Crippen LogP contribution in [0.4, 0.5) is 0 Å². The minimum Gasteiger partial charge on any atom is -0.467 e. The zero-order valence-electron chi connectivity index (χ0n) is 13.0. The lowest BCUT2D eigenvalue weighted by molar-refractivity contribution is -0.142. The number of hydrogen-bond donors (Lipinski definition) is 1. The molecule has 1 saturated heterocycles. The lowest BCUT2D eigenvalue weighted by Gasteiger charge is -2.28. The van der Waals surface area contributed by atoms with Gasteiger partial charge in [0.05, 0.1) is 11.9 Å². The Morgan fingerprint density at radius 2 is 2.33 bits per heavy atom. The molecule has 5 heteroatoms. The zero-order valence-corrected chi connectivity index (χ0v) is 13.0. The number of ether oxygens (including phenoxy) is 1. The number of hydrogen-bond acceptors (Lipinski definition) is 4. The molecule has 0 bridgehead atoms. The number of carbonyl (C=O) groups is 1. The first kappa shape index (κ1) is 16.0. The second-order valence-corrected chi connectivity index (χ2v) is 6.55. The van der Waals surface area contributed by atoms with Crippen LogP contribution in [0.1, 0.15) is 51.9 Å². The van der Waals surface area contributed by atoms with Crippen LogP contribution in [0.3, 0.4) is 0 Å². The predicted octanol–water partition coefficient (Wildman–Crippen LogP) is 2.51. The van der Waals surface area contributed by atoms with Crippen molar-refractivity contribution in [2.75, 3.05) is 13.2 Å². The summed E-state index contributed by atoms with van der Waals surface area (Å²) in [6, 6.07) is 3.57. The lowest BCUT2D eigenvalue weighted by Crippen LogP contribution is -2.40. The van der Waals surface area contributed by atoms with Crippen LogP contribution in [0.15, 0.2) is 22.8 Å². The van der Waals surface area contributed by atoms with E-state index >= 15 is 0 Å². The standard InChI is InChI=1S/C16H25NO4/c1-16(2,3)21-11-15(19)17-8-4-6-12(17)10-13(18)14-7-5-9-20-14/h5,7,9,12-13,18H,4,6,8,10-11H2,1-3H3. The third-order valence-corrected chi connectivity index (χ3v) is 3.69. The SMILES string of the molecule is CC(C)(C)OCC(=O)N1CCCC1CC(O)c1ccco1. The summed E-state index contributed by atoms with van der Waals surface area (Å²) < 4.78 is 10.8. The minimum atomic E-state index is -0.665. The first-order valence-electron chi connectivity index (χ1n) is 7.52. The average Bonchev–Trinajstić information content (AvgIpc) is 3.05. The van der Waals surface area contributed by atoms with E-state index in [9.17, 15) is 9.90 Å². The van der Waals surface area contributed by atoms with Crippen molar-refractivity contribution in [1.82, 2.24) is 4.90 Å². The first-order valence-corrected chi connectivity index (χ1v) is 7.52. The summed E-state index contributed by atoms with van der Waals surface area (Å²) in [6.45, 7) is 6.63. The Morgan fingerprint density at radius 3 is 2.95 bits per heavy atom. The van der Waals surface area contributed by atoms with E-state index in [1.165, 1.54) is 0 Å². The number of carbonyl (C=O) groups excluding carboxylic acids is 1. The Kier molecular flexibility index (Phi) is 5.06. The number of likely N-dealkylation sites (tertiary alicyclic amines) is 1. The predicted molar refractivity (Wildman–Crippen MR) is 78.7 cm³/mol. The highest BCUT2D eigenvalue weighted by molar-refractivity contribution is 5.78. The maximum absolute atomic E-state index is 12.3. The van der Waals surface area contributed by atoms with Gasteiger partial charge in [0.15, 0.2) is 0 Å². The fourth-order valence-electron chi connectivity index (χ4n) is 2.62. The van der Waals surface area contributed by atoms with E-state index in [0.29, 0.717) is 12.2 Å². The summed E-state index contributed by atoms with van der Waals surface area (Å²) in [6.07, 6.45) is 3.28. The summed E-state index contributed by atoms with van der Waals surface area (Å²) >= 11 is 0. The first-order chi connectivity index (χ1) is 9.87. The van der Waals surface area contributed by atoms with Crippen molar-refractivity contribution in [2.45, 2.75) is 57.8 Å². The fourth-order valence-corrected chi connectivity index (χ4v) is 2.62. The van der Waals surface area contributed by atoms with Gasteiger partial charge in [-0.3, -0.25) is 4.79 Å². The van der Waals surface area contributed by atoms with E-state index in [-0.39, 0.29) is 24.2 Å². The summed E-state index contributed by atoms with van der Waals surface area (Å²) in [5.74, 6) is 0.555. The molecule has 2 unspecified atom stereocenters. The van der Waals surface area contributed by atoms with Gasteiger partial charge in [-0.25, -0.2) is 0 Å². The second kappa shape index (κ2) is 6.62. The van der Waals surface area contributed by atoms with Crippen molar-refractivity contribution in [2.24, 2.45) is 0 Å². The molecule has 0 saturated carbocycles. The number of amides is 1. The highest BCUT2D eigenvalue weighted by Crippen LogP contribution is 2.27. The lowest BCUT2D eigenvalue weighted by atomic mass is 10.1. The van der Waals surface area contributed by atoms with Gasteiger partial charge in [0.1, 0.15) is 18.5 Å². The van der Waals surface area contributed by atoms with Crippen molar-refractivity contribution in [3.05, 3.63) is 24.2 Å². The van der Waals surface area contributed by atoms with Crippen LogP contribution in [0.5, 0.6) is 0 Å². The number of rotatable bonds is 5. The van der Waals surface area contributed by atoms with Gasteiger partial charge in [0, 0.05) is 19.0 Å². The molecule has 0 aliphatic carbocycles. The van der Waals surface area contributed by atoms with Crippen molar-refractivity contribution >= 4 is 5.91 Å². The number of furan rings is 1. The van der Waals surface area contributed by atoms with Crippen LogP contribution in [-0.4, -0.2) is 40.7 Å². The Balaban J connectivity index is 1.89. The molecule has 5 nitrogen and oxygen atoms in total. The largest absolute Gasteiger partial charge is 0.467 e. The Morgan fingerprint density at radius 1 is 1.57 bits per heavy atom. The normalized spacial score (nSPS) is 20.8. The zero-order chi connectivity index (χ0) is 15.5. The second-order valence-electron chi connectivity index (χ2n) is 6.55. The molecule has 1 aliphatic heterocycles. The highest BCUT2D eigenvalue weighted by Gasteiger charge is 2.31. The maximum atomic E-state index is 12.3. The smallest absolute Gasteiger partial charge is 0.248 e. The van der Waals surface area contributed by atoms with E-state index in [1.54, 1.807) is 18.4 Å².